The summed E-state index contributed by atoms with van der Waals surface area (Å²) in [6.45, 7) is 0.348. The Morgan fingerprint density at radius 1 is 1.03 bits per heavy atom. The lowest BCUT2D eigenvalue weighted by Gasteiger charge is -2.16. The number of carbonyl (C=O) groups is 2. The maximum Gasteiger partial charge on any atom is 0.289 e. The van der Waals surface area contributed by atoms with Crippen molar-refractivity contribution in [1.29, 1.82) is 0 Å². The van der Waals surface area contributed by atoms with Crippen molar-refractivity contribution in [2.45, 2.75) is 6.54 Å². The number of amides is 2. The molecule has 1 aromatic heterocycles. The molecule has 148 valence electrons. The minimum absolute atomic E-state index is 0.0150. The Bertz CT molecular complexity index is 1040. The lowest BCUT2D eigenvalue weighted by molar-refractivity contribution is -0.384. The molecule has 0 unspecified atom stereocenters. The zero-order valence-corrected chi connectivity index (χ0v) is 15.9. The molecule has 29 heavy (non-hydrogen) atoms. The van der Waals surface area contributed by atoms with Gasteiger partial charge in [-0.3, -0.25) is 19.7 Å². The van der Waals surface area contributed by atoms with Crippen molar-refractivity contribution < 1.29 is 18.9 Å². The van der Waals surface area contributed by atoms with Crippen LogP contribution in [0.3, 0.4) is 0 Å². The highest BCUT2D eigenvalue weighted by atomic mass is 16.6. The first-order valence-electron chi connectivity index (χ1n) is 8.80. The molecule has 3 rings (SSSR count). The van der Waals surface area contributed by atoms with Crippen molar-refractivity contribution in [2.75, 3.05) is 14.1 Å². The molecule has 0 aliphatic rings. The molecular weight excluding hydrogens is 374 g/mol. The van der Waals surface area contributed by atoms with E-state index in [0.29, 0.717) is 23.4 Å². The van der Waals surface area contributed by atoms with E-state index >= 15 is 0 Å². The molecule has 3 aromatic rings. The first-order valence-corrected chi connectivity index (χ1v) is 8.80. The van der Waals surface area contributed by atoms with Crippen LogP contribution < -0.4 is 5.32 Å². The van der Waals surface area contributed by atoms with E-state index in [1.807, 2.05) is 0 Å². The van der Waals surface area contributed by atoms with E-state index < -0.39 is 4.92 Å². The van der Waals surface area contributed by atoms with Gasteiger partial charge in [0.2, 0.25) is 0 Å². The zero-order valence-electron chi connectivity index (χ0n) is 15.9. The van der Waals surface area contributed by atoms with Gasteiger partial charge in [-0.2, -0.15) is 0 Å². The molecule has 8 nitrogen and oxygen atoms in total. The summed E-state index contributed by atoms with van der Waals surface area (Å²) in [5, 5.41) is 13.3. The highest BCUT2D eigenvalue weighted by Gasteiger charge is 2.17. The van der Waals surface area contributed by atoms with Gasteiger partial charge in [0.05, 0.1) is 4.92 Å². The van der Waals surface area contributed by atoms with E-state index in [1.165, 1.54) is 17.0 Å². The van der Waals surface area contributed by atoms with Gasteiger partial charge in [-0.05, 0) is 42.0 Å². The highest BCUT2D eigenvalue weighted by molar-refractivity contribution is 5.94. The Morgan fingerprint density at radius 3 is 2.28 bits per heavy atom. The second-order valence-electron chi connectivity index (χ2n) is 6.41. The summed E-state index contributed by atoms with van der Waals surface area (Å²) >= 11 is 0. The van der Waals surface area contributed by atoms with E-state index in [1.54, 1.807) is 62.6 Å². The van der Waals surface area contributed by atoms with E-state index in [9.17, 15) is 19.7 Å². The summed E-state index contributed by atoms with van der Waals surface area (Å²) < 4.78 is 5.64. The predicted octanol–water partition coefficient (Wildman–Crippen LogP) is 3.49. The lowest BCUT2D eigenvalue weighted by atomic mass is 10.1. The molecule has 1 N–H and O–H groups in total. The third-order valence-electron chi connectivity index (χ3n) is 4.39. The topological polar surface area (TPSA) is 106 Å². The van der Waals surface area contributed by atoms with Crippen molar-refractivity contribution in [3.05, 3.63) is 87.7 Å². The van der Waals surface area contributed by atoms with Gasteiger partial charge in [0.1, 0.15) is 5.76 Å². The van der Waals surface area contributed by atoms with Crippen LogP contribution in [0.4, 0.5) is 5.69 Å². The van der Waals surface area contributed by atoms with Crippen LogP contribution in [-0.2, 0) is 6.54 Å². The van der Waals surface area contributed by atoms with Crippen LogP contribution in [-0.4, -0.2) is 35.7 Å². The Balaban J connectivity index is 1.68. The average Bonchev–Trinajstić information content (AvgIpc) is 3.23. The molecule has 2 amide bonds. The number of rotatable bonds is 6. The van der Waals surface area contributed by atoms with Crippen LogP contribution in [0.1, 0.15) is 26.5 Å². The Kier molecular flexibility index (Phi) is 5.73. The van der Waals surface area contributed by atoms with Gasteiger partial charge in [-0.15, -0.1) is 0 Å². The van der Waals surface area contributed by atoms with Gasteiger partial charge in [-0.25, -0.2) is 0 Å². The highest BCUT2D eigenvalue weighted by Crippen LogP contribution is 2.25. The number of furan rings is 1. The third-order valence-corrected chi connectivity index (χ3v) is 4.39. The number of nitro benzene ring substituents is 1. The molecule has 0 spiro atoms. The van der Waals surface area contributed by atoms with E-state index in [0.717, 1.165) is 5.56 Å². The molecule has 0 fully saturated rings. The molecule has 1 heterocycles. The van der Waals surface area contributed by atoms with Crippen LogP contribution in [0.25, 0.3) is 11.3 Å². The van der Waals surface area contributed by atoms with Crippen molar-refractivity contribution in [1.82, 2.24) is 10.2 Å². The van der Waals surface area contributed by atoms with Crippen molar-refractivity contribution >= 4 is 17.5 Å². The molecule has 0 saturated heterocycles. The minimum atomic E-state index is -0.475. The van der Waals surface area contributed by atoms with Crippen LogP contribution in [0, 0.1) is 10.1 Å². The third kappa shape index (κ3) is 4.49. The largest absolute Gasteiger partial charge is 0.451 e. The zero-order chi connectivity index (χ0) is 21.0. The van der Waals surface area contributed by atoms with Gasteiger partial charge in [0, 0.05) is 43.9 Å². The second-order valence-corrected chi connectivity index (χ2v) is 6.41. The van der Waals surface area contributed by atoms with Crippen molar-refractivity contribution in [3.8, 4) is 11.3 Å². The van der Waals surface area contributed by atoms with E-state index in [-0.39, 0.29) is 23.3 Å². The molecule has 0 bridgehead atoms. The number of carbonyl (C=O) groups excluding carboxylic acids is 2. The summed E-state index contributed by atoms with van der Waals surface area (Å²) in [5.74, 6) is 0.151. The number of non-ortho nitro benzene ring substituents is 1. The number of nitrogens with one attached hydrogen (secondary N) is 1. The summed E-state index contributed by atoms with van der Waals surface area (Å²) in [4.78, 5) is 36.0. The smallest absolute Gasteiger partial charge is 0.289 e. The fraction of sp³-hybridized carbons (Fsp3) is 0.143. The monoisotopic (exact) mass is 393 g/mol. The van der Waals surface area contributed by atoms with Gasteiger partial charge < -0.3 is 14.6 Å². The van der Waals surface area contributed by atoms with Crippen molar-refractivity contribution in [3.63, 3.8) is 0 Å². The normalized spacial score (nSPS) is 10.4. The number of hydrogen-bond acceptors (Lipinski definition) is 5. The van der Waals surface area contributed by atoms with Crippen molar-refractivity contribution in [2.24, 2.45) is 0 Å². The Hall–Kier alpha value is -3.94. The van der Waals surface area contributed by atoms with Gasteiger partial charge in [-0.1, -0.05) is 12.1 Å². The molecule has 2 aromatic carbocycles. The maximum absolute atomic E-state index is 12.6. The molecule has 0 aliphatic carbocycles. The Morgan fingerprint density at radius 2 is 1.69 bits per heavy atom. The maximum atomic E-state index is 12.6. The van der Waals surface area contributed by atoms with Gasteiger partial charge >= 0.3 is 0 Å². The van der Waals surface area contributed by atoms with E-state index in [4.69, 9.17) is 4.42 Å². The van der Waals surface area contributed by atoms with Gasteiger partial charge in [0.25, 0.3) is 17.5 Å². The van der Waals surface area contributed by atoms with Crippen LogP contribution >= 0.6 is 0 Å². The summed E-state index contributed by atoms with van der Waals surface area (Å²) in [6, 6.07) is 16.1. The van der Waals surface area contributed by atoms with Crippen LogP contribution in [0.15, 0.2) is 65.1 Å². The first kappa shape index (κ1) is 19.8. The molecule has 8 heteroatoms. The summed E-state index contributed by atoms with van der Waals surface area (Å²) in [6.07, 6.45) is 0. The Labute approximate surface area is 166 Å². The molecule has 0 atom stereocenters. The van der Waals surface area contributed by atoms with Crippen LogP contribution in [0.2, 0.25) is 0 Å². The predicted molar refractivity (Wildman–Crippen MR) is 106 cm³/mol. The second kappa shape index (κ2) is 8.39. The molecule has 0 aliphatic heterocycles. The number of hydrogen-bond donors (Lipinski definition) is 1. The fourth-order valence-electron chi connectivity index (χ4n) is 2.80. The number of nitrogens with zero attached hydrogens (tertiary/aromatic N) is 2. The summed E-state index contributed by atoms with van der Waals surface area (Å²) in [7, 11) is 3.22. The summed E-state index contributed by atoms with van der Waals surface area (Å²) in [5.41, 5.74) is 2.04. The average molecular weight is 393 g/mol. The molecule has 0 radical (unpaired) electrons. The van der Waals surface area contributed by atoms with Gasteiger partial charge in [0.15, 0.2) is 5.76 Å². The minimum Gasteiger partial charge on any atom is -0.451 e. The number of nitro groups is 1. The van der Waals surface area contributed by atoms with Crippen LogP contribution in [0.5, 0.6) is 0 Å². The quantitative estimate of drug-likeness (QED) is 0.510. The molecular formula is C21H19N3O5. The molecule has 0 saturated carbocycles. The first-order chi connectivity index (χ1) is 13.9. The fourth-order valence-corrected chi connectivity index (χ4v) is 2.80. The lowest BCUT2D eigenvalue weighted by Crippen LogP contribution is -2.25. The van der Waals surface area contributed by atoms with E-state index in [2.05, 4.69) is 5.32 Å². The SMILES string of the molecule is CNC(=O)c1ccc(CN(C)C(=O)c2ccc(-c3ccc([N+](=O)[O-])cc3)o2)cc1. The standard InChI is InChI=1S/C21H19N3O5/c1-22-20(25)16-5-3-14(4-6-16)13-23(2)21(26)19-12-11-18(29-19)15-7-9-17(10-8-15)24(27)28/h3-12H,13H2,1-2H3,(H,22,25). The number of benzene rings is 2.